The smallest absolute Gasteiger partial charge is 0.274 e. The van der Waals surface area contributed by atoms with Crippen molar-refractivity contribution in [3.05, 3.63) is 70.6 Å². The fourth-order valence-corrected chi connectivity index (χ4v) is 3.86. The first kappa shape index (κ1) is 20.3. The zero-order valence-electron chi connectivity index (χ0n) is 16.6. The van der Waals surface area contributed by atoms with Gasteiger partial charge in [0, 0.05) is 29.5 Å². The molecule has 0 spiro atoms. The number of aryl methyl sites for hydroxylation is 1. The van der Waals surface area contributed by atoms with Gasteiger partial charge in [0.05, 0.1) is 11.6 Å². The molecule has 1 aromatic carbocycles. The van der Waals surface area contributed by atoms with Gasteiger partial charge in [0.1, 0.15) is 5.82 Å². The number of anilines is 1. The van der Waals surface area contributed by atoms with Crippen LogP contribution in [0.4, 0.5) is 5.82 Å². The number of amides is 2. The summed E-state index contributed by atoms with van der Waals surface area (Å²) in [5.74, 6) is -0.0327. The summed E-state index contributed by atoms with van der Waals surface area (Å²) in [4.78, 5) is 31.6. The van der Waals surface area contributed by atoms with Crippen molar-refractivity contribution in [2.24, 2.45) is 5.92 Å². The van der Waals surface area contributed by atoms with E-state index >= 15 is 0 Å². The van der Waals surface area contributed by atoms with E-state index in [9.17, 15) is 9.59 Å². The first-order valence-electron chi connectivity index (χ1n) is 9.85. The van der Waals surface area contributed by atoms with Crippen molar-refractivity contribution in [2.45, 2.75) is 19.8 Å². The summed E-state index contributed by atoms with van der Waals surface area (Å²) in [6, 6.07) is 15.1. The fraction of sp³-hybridized carbons (Fsp3) is 0.273. The van der Waals surface area contributed by atoms with Crippen LogP contribution in [-0.4, -0.2) is 44.6 Å². The minimum atomic E-state index is -0.273. The van der Waals surface area contributed by atoms with Gasteiger partial charge in [-0.2, -0.15) is 5.10 Å². The van der Waals surface area contributed by atoms with Gasteiger partial charge >= 0.3 is 0 Å². The molecule has 154 valence electrons. The molecule has 0 radical (unpaired) electrons. The molecule has 30 heavy (non-hydrogen) atoms. The number of benzene rings is 1. The number of piperidine rings is 1. The second-order valence-electron chi connectivity index (χ2n) is 7.36. The average molecular weight is 468 g/mol. The number of likely N-dealkylation sites (tertiary alicyclic amines) is 1. The maximum absolute atomic E-state index is 13.1. The number of nitrogens with zero attached hydrogens (tertiary/aromatic N) is 4. The largest absolute Gasteiger partial charge is 0.336 e. The number of carbonyl (C=O) groups excluding carboxylic acids is 2. The van der Waals surface area contributed by atoms with Crippen molar-refractivity contribution in [1.29, 1.82) is 0 Å². The highest BCUT2D eigenvalue weighted by molar-refractivity contribution is 9.10. The third kappa shape index (κ3) is 4.43. The predicted octanol–water partition coefficient (Wildman–Crippen LogP) is 3.83. The summed E-state index contributed by atoms with van der Waals surface area (Å²) in [6.07, 6.45) is 3.15. The van der Waals surface area contributed by atoms with Gasteiger partial charge < -0.3 is 10.2 Å². The van der Waals surface area contributed by atoms with E-state index in [-0.39, 0.29) is 17.7 Å². The minimum Gasteiger partial charge on any atom is -0.336 e. The molecule has 1 saturated heterocycles. The Morgan fingerprint density at radius 2 is 1.97 bits per heavy atom. The number of pyridine rings is 1. The van der Waals surface area contributed by atoms with Gasteiger partial charge in [-0.15, -0.1) is 0 Å². The summed E-state index contributed by atoms with van der Waals surface area (Å²) < 4.78 is 2.61. The van der Waals surface area contributed by atoms with E-state index in [4.69, 9.17) is 0 Å². The molecule has 2 aromatic heterocycles. The van der Waals surface area contributed by atoms with Crippen molar-refractivity contribution in [3.63, 3.8) is 0 Å². The Balaban J connectivity index is 1.45. The Morgan fingerprint density at radius 3 is 2.70 bits per heavy atom. The van der Waals surface area contributed by atoms with Crippen LogP contribution in [-0.2, 0) is 4.79 Å². The van der Waals surface area contributed by atoms with Gasteiger partial charge in [0.25, 0.3) is 5.91 Å². The molecule has 0 saturated carbocycles. The maximum Gasteiger partial charge on any atom is 0.274 e. The second-order valence-corrected chi connectivity index (χ2v) is 8.28. The summed E-state index contributed by atoms with van der Waals surface area (Å²) in [5, 5.41) is 7.36. The Bertz CT molecular complexity index is 1050. The molecule has 2 amide bonds. The van der Waals surface area contributed by atoms with E-state index in [0.717, 1.165) is 28.7 Å². The zero-order valence-corrected chi connectivity index (χ0v) is 18.2. The van der Waals surface area contributed by atoms with Gasteiger partial charge in [0.2, 0.25) is 5.91 Å². The van der Waals surface area contributed by atoms with Gasteiger partial charge in [-0.3, -0.25) is 9.59 Å². The van der Waals surface area contributed by atoms with Crippen molar-refractivity contribution in [3.8, 4) is 5.69 Å². The highest BCUT2D eigenvalue weighted by atomic mass is 79.9. The summed E-state index contributed by atoms with van der Waals surface area (Å²) in [6.45, 7) is 2.92. The van der Waals surface area contributed by atoms with Crippen molar-refractivity contribution >= 4 is 33.6 Å². The first-order valence-corrected chi connectivity index (χ1v) is 10.6. The van der Waals surface area contributed by atoms with Crippen molar-refractivity contribution in [2.75, 3.05) is 18.4 Å². The lowest BCUT2D eigenvalue weighted by molar-refractivity contribution is -0.121. The van der Waals surface area contributed by atoms with E-state index in [0.29, 0.717) is 24.6 Å². The second kappa shape index (κ2) is 8.79. The molecule has 1 aliphatic rings. The number of nitrogens with one attached hydrogen (secondary N) is 1. The van der Waals surface area contributed by atoms with Gasteiger partial charge in [-0.1, -0.05) is 18.2 Å². The Kier molecular flexibility index (Phi) is 5.94. The van der Waals surface area contributed by atoms with Crippen LogP contribution in [0, 0.1) is 12.8 Å². The number of aromatic nitrogens is 3. The van der Waals surface area contributed by atoms with E-state index in [1.165, 1.54) is 0 Å². The third-order valence-corrected chi connectivity index (χ3v) is 5.63. The normalized spacial score (nSPS) is 16.3. The Labute approximate surface area is 183 Å². The van der Waals surface area contributed by atoms with Crippen molar-refractivity contribution < 1.29 is 9.59 Å². The average Bonchev–Trinajstić information content (AvgIpc) is 3.17. The standard InChI is InChI=1S/C22H22BrN5O2/c1-15-12-19(26-28(15)18-7-3-2-4-8-18)22(30)27-11-5-6-16(14-27)21(29)25-20-10-9-17(23)13-24-20/h2-4,7-10,12-13,16H,5-6,11,14H2,1H3,(H,24,25,29). The summed E-state index contributed by atoms with van der Waals surface area (Å²) in [7, 11) is 0. The molecular formula is C22H22BrN5O2. The maximum atomic E-state index is 13.1. The molecule has 0 bridgehead atoms. The monoisotopic (exact) mass is 467 g/mol. The van der Waals surface area contributed by atoms with Crippen LogP contribution in [0.2, 0.25) is 0 Å². The Morgan fingerprint density at radius 1 is 1.17 bits per heavy atom. The number of hydrogen-bond acceptors (Lipinski definition) is 4. The summed E-state index contributed by atoms with van der Waals surface area (Å²) >= 11 is 3.33. The van der Waals surface area contributed by atoms with E-state index in [1.807, 2.05) is 43.3 Å². The minimum absolute atomic E-state index is 0.117. The zero-order chi connectivity index (χ0) is 21.1. The molecule has 1 unspecified atom stereocenters. The number of hydrogen-bond donors (Lipinski definition) is 1. The first-order chi connectivity index (χ1) is 14.5. The molecule has 8 heteroatoms. The van der Waals surface area contributed by atoms with Crippen LogP contribution < -0.4 is 5.32 Å². The molecule has 7 nitrogen and oxygen atoms in total. The lowest BCUT2D eigenvalue weighted by atomic mass is 9.97. The van der Waals surface area contributed by atoms with E-state index in [2.05, 4.69) is 31.3 Å². The van der Waals surface area contributed by atoms with Crippen LogP contribution in [0.1, 0.15) is 29.0 Å². The summed E-state index contributed by atoms with van der Waals surface area (Å²) in [5.41, 5.74) is 2.19. The molecule has 0 aliphatic carbocycles. The van der Waals surface area contributed by atoms with E-state index < -0.39 is 0 Å². The van der Waals surface area contributed by atoms with Crippen LogP contribution in [0.3, 0.4) is 0 Å². The number of halogens is 1. The highest BCUT2D eigenvalue weighted by Crippen LogP contribution is 2.21. The van der Waals surface area contributed by atoms with Crippen molar-refractivity contribution in [1.82, 2.24) is 19.7 Å². The molecule has 1 N–H and O–H groups in total. The molecule has 1 atom stereocenters. The quantitative estimate of drug-likeness (QED) is 0.631. The fourth-order valence-electron chi connectivity index (χ4n) is 3.63. The molecule has 1 fully saturated rings. The van der Waals surface area contributed by atoms with Gasteiger partial charge in [-0.25, -0.2) is 9.67 Å². The number of para-hydroxylation sites is 1. The van der Waals surface area contributed by atoms with E-state index in [1.54, 1.807) is 27.9 Å². The molecule has 3 heterocycles. The molecule has 1 aliphatic heterocycles. The lowest BCUT2D eigenvalue weighted by Gasteiger charge is -2.31. The molecule has 4 rings (SSSR count). The van der Waals surface area contributed by atoms with Crippen LogP contribution in [0.5, 0.6) is 0 Å². The highest BCUT2D eigenvalue weighted by Gasteiger charge is 2.30. The number of rotatable bonds is 4. The van der Waals surface area contributed by atoms with Crippen LogP contribution >= 0.6 is 15.9 Å². The van der Waals surface area contributed by atoms with Crippen LogP contribution in [0.25, 0.3) is 5.69 Å². The molecule has 3 aromatic rings. The van der Waals surface area contributed by atoms with Gasteiger partial charge in [0.15, 0.2) is 5.69 Å². The third-order valence-electron chi connectivity index (χ3n) is 5.17. The number of carbonyl (C=O) groups is 2. The molecular weight excluding hydrogens is 446 g/mol. The lowest BCUT2D eigenvalue weighted by Crippen LogP contribution is -2.44. The topological polar surface area (TPSA) is 80.1 Å². The van der Waals surface area contributed by atoms with Gasteiger partial charge in [-0.05, 0) is 66.0 Å². The Hall–Kier alpha value is -3.00. The SMILES string of the molecule is Cc1cc(C(=O)N2CCCC(C(=O)Nc3ccc(Br)cn3)C2)nn1-c1ccccc1. The van der Waals surface area contributed by atoms with Crippen LogP contribution in [0.15, 0.2) is 59.2 Å². The predicted molar refractivity (Wildman–Crippen MR) is 117 cm³/mol.